The van der Waals surface area contributed by atoms with E-state index in [2.05, 4.69) is 16.7 Å². The quantitative estimate of drug-likeness (QED) is 0.721. The van der Waals surface area contributed by atoms with Gasteiger partial charge in [0.15, 0.2) is 0 Å². The zero-order chi connectivity index (χ0) is 12.8. The molecular weight excluding hydrogens is 224 g/mol. The highest BCUT2D eigenvalue weighted by molar-refractivity contribution is 5.76. The van der Waals surface area contributed by atoms with Gasteiger partial charge < -0.3 is 4.90 Å². The van der Waals surface area contributed by atoms with Gasteiger partial charge in [-0.3, -0.25) is 9.69 Å². The molecule has 1 saturated heterocycles. The van der Waals surface area contributed by atoms with Crippen molar-refractivity contribution in [3.05, 3.63) is 0 Å². The molecule has 0 spiro atoms. The lowest BCUT2D eigenvalue weighted by Gasteiger charge is -2.39. The molecule has 3 nitrogen and oxygen atoms in total. The van der Waals surface area contributed by atoms with Crippen molar-refractivity contribution >= 4 is 5.91 Å². The van der Waals surface area contributed by atoms with Crippen molar-refractivity contribution in [3.63, 3.8) is 0 Å². The summed E-state index contributed by atoms with van der Waals surface area (Å²) in [6.45, 7) is 6.19. The largest absolute Gasteiger partial charge is 0.340 e. The highest BCUT2D eigenvalue weighted by Gasteiger charge is 2.25. The first-order valence-corrected chi connectivity index (χ1v) is 7.83. The number of piperazine rings is 1. The highest BCUT2D eigenvalue weighted by Crippen LogP contribution is 2.23. The Morgan fingerprint density at radius 3 is 2.17 bits per heavy atom. The summed E-state index contributed by atoms with van der Waals surface area (Å²) in [6, 6.07) is 0.802. The molecule has 2 fully saturated rings. The zero-order valence-electron chi connectivity index (χ0n) is 11.9. The van der Waals surface area contributed by atoms with Crippen LogP contribution in [-0.4, -0.2) is 47.9 Å². The minimum absolute atomic E-state index is 0.359. The van der Waals surface area contributed by atoms with Crippen molar-refractivity contribution in [2.24, 2.45) is 0 Å². The fraction of sp³-hybridized carbons (Fsp3) is 0.933. The van der Waals surface area contributed by atoms with Crippen LogP contribution in [0.4, 0.5) is 0 Å². The molecule has 3 heteroatoms. The van der Waals surface area contributed by atoms with E-state index in [0.29, 0.717) is 5.91 Å². The molecule has 0 radical (unpaired) electrons. The van der Waals surface area contributed by atoms with Gasteiger partial charge in [-0.15, -0.1) is 0 Å². The smallest absolute Gasteiger partial charge is 0.222 e. The summed E-state index contributed by atoms with van der Waals surface area (Å²) in [6.07, 6.45) is 10.1. The second-order valence-electron chi connectivity index (χ2n) is 5.81. The van der Waals surface area contributed by atoms with Gasteiger partial charge in [0.1, 0.15) is 0 Å². The van der Waals surface area contributed by atoms with Gasteiger partial charge in [-0.1, -0.05) is 32.6 Å². The molecule has 0 bridgehead atoms. The molecular formula is C15H28N2O. The summed E-state index contributed by atoms with van der Waals surface area (Å²) in [5.74, 6) is 0.359. The molecule has 1 aliphatic heterocycles. The summed E-state index contributed by atoms with van der Waals surface area (Å²) >= 11 is 0. The van der Waals surface area contributed by atoms with Gasteiger partial charge in [-0.25, -0.2) is 0 Å². The lowest BCUT2D eigenvalue weighted by atomic mass is 10.1. The van der Waals surface area contributed by atoms with Crippen molar-refractivity contribution in [1.82, 2.24) is 9.80 Å². The Hall–Kier alpha value is -0.570. The fourth-order valence-corrected chi connectivity index (χ4v) is 3.33. The van der Waals surface area contributed by atoms with Crippen LogP contribution < -0.4 is 0 Å². The topological polar surface area (TPSA) is 23.6 Å². The van der Waals surface area contributed by atoms with Crippen molar-refractivity contribution in [2.75, 3.05) is 26.2 Å². The number of carbonyl (C=O) groups excluding carboxylic acids is 1. The first-order valence-electron chi connectivity index (χ1n) is 7.83. The molecule has 0 aromatic carbocycles. The lowest BCUT2D eigenvalue weighted by Crippen LogP contribution is -2.51. The van der Waals surface area contributed by atoms with E-state index < -0.39 is 0 Å². The third-order valence-electron chi connectivity index (χ3n) is 4.47. The Kier molecular flexibility index (Phi) is 5.48. The Bertz CT molecular complexity index is 251. The number of hydrogen-bond acceptors (Lipinski definition) is 2. The Morgan fingerprint density at radius 1 is 1.00 bits per heavy atom. The predicted molar refractivity (Wildman–Crippen MR) is 74.6 cm³/mol. The third-order valence-corrected chi connectivity index (χ3v) is 4.47. The average Bonchev–Trinajstić information content (AvgIpc) is 2.68. The van der Waals surface area contributed by atoms with Crippen LogP contribution in [0.3, 0.4) is 0 Å². The van der Waals surface area contributed by atoms with E-state index in [1.54, 1.807) is 0 Å². The predicted octanol–water partition coefficient (Wildman–Crippen LogP) is 2.65. The normalized spacial score (nSPS) is 23.9. The molecule has 1 aliphatic carbocycles. The molecule has 0 unspecified atom stereocenters. The number of amides is 1. The molecule has 18 heavy (non-hydrogen) atoms. The van der Waals surface area contributed by atoms with Crippen molar-refractivity contribution in [1.29, 1.82) is 0 Å². The number of nitrogens with zero attached hydrogens (tertiary/aromatic N) is 2. The Balaban J connectivity index is 1.76. The summed E-state index contributed by atoms with van der Waals surface area (Å²) in [7, 11) is 0. The molecule has 104 valence electrons. The Morgan fingerprint density at radius 2 is 1.61 bits per heavy atom. The molecule has 2 aliphatic rings. The van der Waals surface area contributed by atoms with Gasteiger partial charge >= 0.3 is 0 Å². The first kappa shape index (κ1) is 13.9. The first-order chi connectivity index (χ1) is 8.81. The number of carbonyl (C=O) groups is 1. The van der Waals surface area contributed by atoms with E-state index in [1.165, 1.54) is 38.5 Å². The fourth-order valence-electron chi connectivity index (χ4n) is 3.33. The average molecular weight is 252 g/mol. The minimum Gasteiger partial charge on any atom is -0.340 e. The molecule has 2 rings (SSSR count). The van der Waals surface area contributed by atoms with Crippen LogP contribution in [0.25, 0.3) is 0 Å². The monoisotopic (exact) mass is 252 g/mol. The van der Waals surface area contributed by atoms with Crippen LogP contribution in [0, 0.1) is 0 Å². The number of hydrogen-bond donors (Lipinski definition) is 0. The summed E-state index contributed by atoms with van der Waals surface area (Å²) in [4.78, 5) is 16.5. The van der Waals surface area contributed by atoms with Crippen LogP contribution in [0.15, 0.2) is 0 Å². The van der Waals surface area contributed by atoms with E-state index in [4.69, 9.17) is 0 Å². The Labute approximate surface area is 112 Å². The van der Waals surface area contributed by atoms with Crippen LogP contribution in [-0.2, 0) is 4.79 Å². The van der Waals surface area contributed by atoms with Crippen LogP contribution in [0.1, 0.15) is 58.3 Å². The summed E-state index contributed by atoms with van der Waals surface area (Å²) in [5, 5.41) is 0. The maximum absolute atomic E-state index is 11.8. The second kappa shape index (κ2) is 7.13. The van der Waals surface area contributed by atoms with Gasteiger partial charge in [0.05, 0.1) is 0 Å². The molecule has 1 amide bonds. The SMILES string of the molecule is CCCC(=O)N1CCN(C2CCCCCC2)CC1. The van der Waals surface area contributed by atoms with Crippen LogP contribution in [0.5, 0.6) is 0 Å². The van der Waals surface area contributed by atoms with Crippen LogP contribution in [0.2, 0.25) is 0 Å². The third kappa shape index (κ3) is 3.71. The number of rotatable bonds is 3. The van der Waals surface area contributed by atoms with E-state index in [9.17, 15) is 4.79 Å². The summed E-state index contributed by atoms with van der Waals surface area (Å²) in [5.41, 5.74) is 0. The van der Waals surface area contributed by atoms with E-state index in [1.807, 2.05) is 0 Å². The van der Waals surface area contributed by atoms with Gasteiger partial charge in [-0.2, -0.15) is 0 Å². The second-order valence-corrected chi connectivity index (χ2v) is 5.81. The standard InChI is InChI=1S/C15H28N2O/c1-2-7-15(18)17-12-10-16(11-13-17)14-8-5-3-4-6-9-14/h14H,2-13H2,1H3. The van der Waals surface area contributed by atoms with Gasteiger partial charge in [0.25, 0.3) is 0 Å². The van der Waals surface area contributed by atoms with Crippen molar-refractivity contribution in [2.45, 2.75) is 64.3 Å². The highest BCUT2D eigenvalue weighted by atomic mass is 16.2. The van der Waals surface area contributed by atoms with Crippen molar-refractivity contribution in [3.8, 4) is 0 Å². The molecule has 1 saturated carbocycles. The molecule has 0 N–H and O–H groups in total. The molecule has 0 atom stereocenters. The minimum atomic E-state index is 0.359. The van der Waals surface area contributed by atoms with E-state index in [-0.39, 0.29) is 0 Å². The lowest BCUT2D eigenvalue weighted by molar-refractivity contribution is -0.133. The zero-order valence-corrected chi connectivity index (χ0v) is 11.9. The maximum atomic E-state index is 11.8. The van der Waals surface area contributed by atoms with Gasteiger partial charge in [-0.05, 0) is 19.3 Å². The van der Waals surface area contributed by atoms with Crippen molar-refractivity contribution < 1.29 is 4.79 Å². The van der Waals surface area contributed by atoms with Gasteiger partial charge in [0, 0.05) is 38.6 Å². The van der Waals surface area contributed by atoms with Crippen LogP contribution >= 0.6 is 0 Å². The van der Waals surface area contributed by atoms with E-state index in [0.717, 1.165) is 45.1 Å². The molecule has 0 aromatic heterocycles. The van der Waals surface area contributed by atoms with Gasteiger partial charge in [0.2, 0.25) is 5.91 Å². The molecule has 1 heterocycles. The maximum Gasteiger partial charge on any atom is 0.222 e. The van der Waals surface area contributed by atoms with E-state index >= 15 is 0 Å². The summed E-state index contributed by atoms with van der Waals surface area (Å²) < 4.78 is 0. The molecule has 0 aromatic rings.